The summed E-state index contributed by atoms with van der Waals surface area (Å²) in [6, 6.07) is 14.3. The number of aliphatic imine (C=N–C) groups is 1. The van der Waals surface area contributed by atoms with Gasteiger partial charge in [0, 0.05) is 35.0 Å². The molecule has 1 atom stereocenters. The molecule has 1 aliphatic carbocycles. The summed E-state index contributed by atoms with van der Waals surface area (Å²) in [5.74, 6) is 1.91. The molecule has 6 heteroatoms. The maximum absolute atomic E-state index is 13.1. The molecule has 5 rings (SSSR count). The molecule has 34 heavy (non-hydrogen) atoms. The van der Waals surface area contributed by atoms with Crippen LogP contribution in [0.25, 0.3) is 5.70 Å². The quantitative estimate of drug-likeness (QED) is 0.616. The number of ether oxygens (including phenoxy) is 1. The SMILES string of the molecule is CC1CCc2c(ccc(C(N)=CC=NC3CCNCC3)c2Oc2ccccc2)N1C(=O)C1CC1. The Balaban J connectivity index is 1.51. The van der Waals surface area contributed by atoms with E-state index in [1.165, 1.54) is 0 Å². The van der Waals surface area contributed by atoms with E-state index in [1.807, 2.05) is 59.7 Å². The van der Waals surface area contributed by atoms with Gasteiger partial charge in [0.05, 0.1) is 11.7 Å². The topological polar surface area (TPSA) is 80.0 Å². The number of nitrogens with two attached hydrogens (primary N) is 1. The van der Waals surface area contributed by atoms with E-state index in [9.17, 15) is 4.79 Å². The van der Waals surface area contributed by atoms with Crippen LogP contribution in [0.5, 0.6) is 11.5 Å². The largest absolute Gasteiger partial charge is 0.456 e. The molecule has 0 spiro atoms. The van der Waals surface area contributed by atoms with E-state index in [4.69, 9.17) is 15.5 Å². The number of fused-ring (bicyclic) bond motifs is 1. The molecule has 2 aromatic rings. The average molecular weight is 459 g/mol. The van der Waals surface area contributed by atoms with Crippen molar-refractivity contribution in [2.24, 2.45) is 16.6 Å². The number of nitrogens with one attached hydrogen (secondary N) is 1. The molecule has 0 aromatic heterocycles. The first-order valence-electron chi connectivity index (χ1n) is 12.5. The first-order chi connectivity index (χ1) is 16.6. The third kappa shape index (κ3) is 4.87. The molecule has 0 bridgehead atoms. The number of anilines is 1. The van der Waals surface area contributed by atoms with E-state index in [0.717, 1.165) is 79.9 Å². The number of nitrogens with zero attached hydrogens (tertiary/aromatic N) is 2. The third-order valence-corrected chi connectivity index (χ3v) is 7.05. The van der Waals surface area contributed by atoms with Crippen molar-refractivity contribution in [3.63, 3.8) is 0 Å². The number of allylic oxidation sites excluding steroid dienone is 1. The van der Waals surface area contributed by atoms with Crippen molar-refractivity contribution in [2.75, 3.05) is 18.0 Å². The highest BCUT2D eigenvalue weighted by Gasteiger charge is 2.39. The lowest BCUT2D eigenvalue weighted by molar-refractivity contribution is -0.120. The van der Waals surface area contributed by atoms with Gasteiger partial charge in [-0.2, -0.15) is 0 Å². The van der Waals surface area contributed by atoms with Crippen LogP contribution in [0.1, 0.15) is 50.2 Å². The predicted molar refractivity (Wildman–Crippen MR) is 137 cm³/mol. The third-order valence-electron chi connectivity index (χ3n) is 7.05. The summed E-state index contributed by atoms with van der Waals surface area (Å²) in [6.45, 7) is 4.16. The number of carbonyl (C=O) groups is 1. The number of para-hydroxylation sites is 1. The first-order valence-corrected chi connectivity index (χ1v) is 12.5. The summed E-state index contributed by atoms with van der Waals surface area (Å²) in [5, 5.41) is 3.37. The Morgan fingerprint density at radius 3 is 2.59 bits per heavy atom. The van der Waals surface area contributed by atoms with Crippen LogP contribution in [0.4, 0.5) is 5.69 Å². The molecular weight excluding hydrogens is 424 g/mol. The lowest BCUT2D eigenvalue weighted by Crippen LogP contribution is -2.43. The lowest BCUT2D eigenvalue weighted by Gasteiger charge is -2.36. The number of amides is 1. The molecular formula is C28H34N4O2. The first kappa shape index (κ1) is 22.7. The van der Waals surface area contributed by atoms with Gasteiger partial charge in [0.2, 0.25) is 5.91 Å². The Morgan fingerprint density at radius 2 is 1.85 bits per heavy atom. The van der Waals surface area contributed by atoms with Gasteiger partial charge < -0.3 is 20.7 Å². The summed E-state index contributed by atoms with van der Waals surface area (Å²) in [5.41, 5.74) is 10.0. The number of benzene rings is 2. The van der Waals surface area contributed by atoms with E-state index in [1.54, 1.807) is 0 Å². The number of hydrogen-bond donors (Lipinski definition) is 2. The molecule has 2 aromatic carbocycles. The minimum atomic E-state index is 0.169. The summed E-state index contributed by atoms with van der Waals surface area (Å²) in [6.07, 6.45) is 9.55. The second-order valence-corrected chi connectivity index (χ2v) is 9.63. The summed E-state index contributed by atoms with van der Waals surface area (Å²) in [7, 11) is 0. The summed E-state index contributed by atoms with van der Waals surface area (Å²) < 4.78 is 6.45. The van der Waals surface area contributed by atoms with Gasteiger partial charge in [-0.25, -0.2) is 0 Å². The van der Waals surface area contributed by atoms with Crippen LogP contribution >= 0.6 is 0 Å². The Hall–Kier alpha value is -3.12. The molecule has 2 aliphatic heterocycles. The fourth-order valence-electron chi connectivity index (χ4n) is 4.91. The highest BCUT2D eigenvalue weighted by Crippen LogP contribution is 2.44. The maximum atomic E-state index is 13.1. The van der Waals surface area contributed by atoms with Gasteiger partial charge in [-0.15, -0.1) is 0 Å². The molecule has 1 amide bonds. The van der Waals surface area contributed by atoms with Crippen molar-refractivity contribution in [3.05, 3.63) is 59.7 Å². The van der Waals surface area contributed by atoms with Crippen LogP contribution in [-0.2, 0) is 11.2 Å². The molecule has 6 nitrogen and oxygen atoms in total. The van der Waals surface area contributed by atoms with Gasteiger partial charge in [0.25, 0.3) is 0 Å². The molecule has 2 fully saturated rings. The summed E-state index contributed by atoms with van der Waals surface area (Å²) >= 11 is 0. The molecule has 1 saturated carbocycles. The number of carbonyl (C=O) groups excluding carboxylic acids is 1. The fraction of sp³-hybridized carbons (Fsp3) is 0.429. The zero-order valence-electron chi connectivity index (χ0n) is 19.9. The van der Waals surface area contributed by atoms with Crippen molar-refractivity contribution in [3.8, 4) is 11.5 Å². The smallest absolute Gasteiger partial charge is 0.230 e. The van der Waals surface area contributed by atoms with Gasteiger partial charge >= 0.3 is 0 Å². The Morgan fingerprint density at radius 1 is 1.09 bits per heavy atom. The van der Waals surface area contributed by atoms with Crippen LogP contribution in [0, 0.1) is 5.92 Å². The molecule has 3 N–H and O–H groups in total. The van der Waals surface area contributed by atoms with Gasteiger partial charge in [0.1, 0.15) is 11.5 Å². The number of rotatable bonds is 6. The molecule has 1 unspecified atom stereocenters. The van der Waals surface area contributed by atoms with Crippen molar-refractivity contribution in [1.82, 2.24) is 5.32 Å². The standard InChI is InChI=1S/C28H34N4O2/c1-19-7-10-24-26(32(19)28(33)20-8-9-20)12-11-23(27(24)34-22-5-3-2-4-6-22)25(29)15-18-31-21-13-16-30-17-14-21/h2-6,11-12,15,18-21,30H,7-10,13-14,16-17,29H2,1H3. The van der Waals surface area contributed by atoms with Crippen LogP contribution in [-0.4, -0.2) is 37.3 Å². The van der Waals surface area contributed by atoms with Gasteiger partial charge in [-0.05, 0) is 88.9 Å². The monoisotopic (exact) mass is 458 g/mol. The highest BCUT2D eigenvalue weighted by atomic mass is 16.5. The highest BCUT2D eigenvalue weighted by molar-refractivity contribution is 5.99. The van der Waals surface area contributed by atoms with Gasteiger partial charge in [-0.3, -0.25) is 9.79 Å². The van der Waals surface area contributed by atoms with E-state index in [2.05, 4.69) is 12.2 Å². The van der Waals surface area contributed by atoms with E-state index < -0.39 is 0 Å². The second kappa shape index (κ2) is 10.0. The van der Waals surface area contributed by atoms with E-state index in [0.29, 0.717) is 11.7 Å². The van der Waals surface area contributed by atoms with Crippen molar-refractivity contribution >= 4 is 23.5 Å². The predicted octanol–water partition coefficient (Wildman–Crippen LogP) is 4.68. The average Bonchev–Trinajstić information content (AvgIpc) is 3.71. The normalized spacial score (nSPS) is 21.5. The van der Waals surface area contributed by atoms with Crippen LogP contribution in [0.3, 0.4) is 0 Å². The molecule has 1 saturated heterocycles. The molecule has 0 radical (unpaired) electrons. The van der Waals surface area contributed by atoms with E-state index in [-0.39, 0.29) is 17.9 Å². The fourth-order valence-corrected chi connectivity index (χ4v) is 4.91. The second-order valence-electron chi connectivity index (χ2n) is 9.63. The Labute approximate surface area is 201 Å². The van der Waals surface area contributed by atoms with Crippen LogP contribution in [0.2, 0.25) is 0 Å². The molecule has 2 heterocycles. The Kier molecular flexibility index (Phi) is 6.68. The van der Waals surface area contributed by atoms with E-state index >= 15 is 0 Å². The summed E-state index contributed by atoms with van der Waals surface area (Å²) in [4.78, 5) is 19.8. The zero-order chi connectivity index (χ0) is 23.5. The van der Waals surface area contributed by atoms with Crippen molar-refractivity contribution < 1.29 is 9.53 Å². The molecule has 3 aliphatic rings. The number of piperidine rings is 1. The zero-order valence-corrected chi connectivity index (χ0v) is 19.9. The Bertz CT molecular complexity index is 1090. The maximum Gasteiger partial charge on any atom is 0.230 e. The van der Waals surface area contributed by atoms with Crippen molar-refractivity contribution in [2.45, 2.75) is 57.5 Å². The minimum absolute atomic E-state index is 0.169. The van der Waals surface area contributed by atoms with Crippen LogP contribution < -0.4 is 20.7 Å². The lowest BCUT2D eigenvalue weighted by atomic mass is 9.92. The van der Waals surface area contributed by atoms with Gasteiger partial charge in [0.15, 0.2) is 0 Å². The minimum Gasteiger partial charge on any atom is -0.456 e. The molecule has 178 valence electrons. The van der Waals surface area contributed by atoms with Gasteiger partial charge in [-0.1, -0.05) is 18.2 Å². The number of hydrogen-bond acceptors (Lipinski definition) is 5. The van der Waals surface area contributed by atoms with Crippen LogP contribution in [0.15, 0.2) is 53.5 Å². The van der Waals surface area contributed by atoms with Crippen molar-refractivity contribution in [1.29, 1.82) is 0 Å².